The van der Waals surface area contributed by atoms with E-state index in [0.717, 1.165) is 12.1 Å². The van der Waals surface area contributed by atoms with Crippen molar-refractivity contribution in [3.8, 4) is 0 Å². The Morgan fingerprint density at radius 1 is 1.19 bits per heavy atom. The first kappa shape index (κ1) is 16.8. The Labute approximate surface area is 118 Å². The molecule has 21 heavy (non-hydrogen) atoms. The van der Waals surface area contributed by atoms with E-state index in [0.29, 0.717) is 6.07 Å². The van der Waals surface area contributed by atoms with Crippen molar-refractivity contribution in [3.05, 3.63) is 29.3 Å². The maximum absolute atomic E-state index is 12.6. The van der Waals surface area contributed by atoms with Crippen molar-refractivity contribution in [1.82, 2.24) is 10.6 Å². The minimum absolute atomic E-state index is 0.0695. The van der Waals surface area contributed by atoms with E-state index in [4.69, 9.17) is 5.84 Å². The maximum Gasteiger partial charge on any atom is 0.416 e. The number of carbonyl (C=O) groups is 2. The molecule has 0 unspecified atom stereocenters. The van der Waals surface area contributed by atoms with Gasteiger partial charge in [-0.2, -0.15) is 13.2 Å². The number of anilines is 1. The molecule has 0 atom stereocenters. The van der Waals surface area contributed by atoms with Gasteiger partial charge in [0.25, 0.3) is 5.91 Å². The van der Waals surface area contributed by atoms with E-state index >= 15 is 0 Å². The lowest BCUT2D eigenvalue weighted by Gasteiger charge is -2.13. The SMILES string of the molecule is CC(=O)NCCNC(=O)c1cc(C(F)(F)F)ccc1NN. The summed E-state index contributed by atoms with van der Waals surface area (Å²) in [4.78, 5) is 22.5. The number of hydrogen-bond acceptors (Lipinski definition) is 4. The molecule has 2 amide bonds. The topological polar surface area (TPSA) is 96.2 Å². The first-order chi connectivity index (χ1) is 9.75. The molecule has 1 aromatic rings. The van der Waals surface area contributed by atoms with Crippen LogP contribution < -0.4 is 21.9 Å². The lowest BCUT2D eigenvalue weighted by molar-refractivity contribution is -0.137. The number of rotatable bonds is 5. The Morgan fingerprint density at radius 3 is 2.33 bits per heavy atom. The third kappa shape index (κ3) is 4.95. The van der Waals surface area contributed by atoms with Crippen molar-refractivity contribution in [3.63, 3.8) is 0 Å². The molecule has 0 aliphatic rings. The molecule has 0 aliphatic heterocycles. The Morgan fingerprint density at radius 2 is 1.81 bits per heavy atom. The molecule has 9 heteroatoms. The minimum Gasteiger partial charge on any atom is -0.355 e. The zero-order chi connectivity index (χ0) is 16.0. The van der Waals surface area contributed by atoms with E-state index in [1.54, 1.807) is 0 Å². The molecule has 0 fully saturated rings. The molecule has 5 N–H and O–H groups in total. The van der Waals surface area contributed by atoms with Gasteiger partial charge in [0.1, 0.15) is 0 Å². The van der Waals surface area contributed by atoms with E-state index in [-0.39, 0.29) is 30.2 Å². The average molecular weight is 304 g/mol. The first-order valence-electron chi connectivity index (χ1n) is 5.96. The van der Waals surface area contributed by atoms with Crippen LogP contribution in [0.4, 0.5) is 18.9 Å². The van der Waals surface area contributed by atoms with Crippen molar-refractivity contribution in [2.24, 2.45) is 5.84 Å². The third-order valence-corrected chi connectivity index (χ3v) is 2.53. The zero-order valence-corrected chi connectivity index (χ0v) is 11.2. The van der Waals surface area contributed by atoms with Crippen LogP contribution in [0.3, 0.4) is 0 Å². The van der Waals surface area contributed by atoms with Gasteiger partial charge in [-0.1, -0.05) is 0 Å². The number of hydrogen-bond donors (Lipinski definition) is 4. The molecule has 0 saturated carbocycles. The predicted octanol–water partition coefficient (Wildman–Crippen LogP) is 0.857. The summed E-state index contributed by atoms with van der Waals surface area (Å²) in [5, 5.41) is 4.83. The van der Waals surface area contributed by atoms with Crippen molar-refractivity contribution in [1.29, 1.82) is 0 Å². The van der Waals surface area contributed by atoms with Gasteiger partial charge in [-0.25, -0.2) is 0 Å². The Kier molecular flexibility index (Phi) is 5.53. The van der Waals surface area contributed by atoms with E-state index in [1.807, 2.05) is 0 Å². The van der Waals surface area contributed by atoms with Crippen LogP contribution in [0.5, 0.6) is 0 Å². The maximum atomic E-state index is 12.6. The van der Waals surface area contributed by atoms with Gasteiger partial charge in [0, 0.05) is 20.0 Å². The summed E-state index contributed by atoms with van der Waals surface area (Å²) in [7, 11) is 0. The number of halogens is 3. The molecule has 0 aromatic heterocycles. The Balaban J connectivity index is 2.83. The molecule has 1 aromatic carbocycles. The van der Waals surface area contributed by atoms with Crippen molar-refractivity contribution < 1.29 is 22.8 Å². The lowest BCUT2D eigenvalue weighted by Crippen LogP contribution is -2.34. The van der Waals surface area contributed by atoms with Crippen molar-refractivity contribution >= 4 is 17.5 Å². The minimum atomic E-state index is -4.56. The quantitative estimate of drug-likeness (QED) is 0.368. The summed E-state index contributed by atoms with van der Waals surface area (Å²) in [5.74, 6) is 4.18. The van der Waals surface area contributed by atoms with Crippen LogP contribution in [-0.2, 0) is 11.0 Å². The van der Waals surface area contributed by atoms with Crippen LogP contribution in [0.1, 0.15) is 22.8 Å². The molecule has 0 spiro atoms. The van der Waals surface area contributed by atoms with Gasteiger partial charge in [0.2, 0.25) is 5.91 Å². The second-order valence-electron chi connectivity index (χ2n) is 4.14. The van der Waals surface area contributed by atoms with Crippen LogP contribution >= 0.6 is 0 Å². The van der Waals surface area contributed by atoms with Crippen LogP contribution in [-0.4, -0.2) is 24.9 Å². The molecule has 116 valence electrons. The Bertz CT molecular complexity index is 532. The second-order valence-corrected chi connectivity index (χ2v) is 4.14. The fourth-order valence-corrected chi connectivity index (χ4v) is 1.54. The molecule has 0 bridgehead atoms. The van der Waals surface area contributed by atoms with E-state index < -0.39 is 17.6 Å². The average Bonchev–Trinajstić information content (AvgIpc) is 2.41. The second kappa shape index (κ2) is 6.93. The number of carbonyl (C=O) groups excluding carboxylic acids is 2. The van der Waals surface area contributed by atoms with Crippen molar-refractivity contribution in [2.75, 3.05) is 18.5 Å². The molecular weight excluding hydrogens is 289 g/mol. The highest BCUT2D eigenvalue weighted by Crippen LogP contribution is 2.31. The Hall–Kier alpha value is -2.29. The van der Waals surface area contributed by atoms with Crippen LogP contribution in [0.25, 0.3) is 0 Å². The highest BCUT2D eigenvalue weighted by atomic mass is 19.4. The van der Waals surface area contributed by atoms with Crippen LogP contribution in [0.2, 0.25) is 0 Å². The third-order valence-electron chi connectivity index (χ3n) is 2.53. The van der Waals surface area contributed by atoms with Gasteiger partial charge >= 0.3 is 6.18 Å². The summed E-state index contributed by atoms with van der Waals surface area (Å²) >= 11 is 0. The van der Waals surface area contributed by atoms with Gasteiger partial charge in [0.05, 0.1) is 16.8 Å². The number of nitrogens with one attached hydrogen (secondary N) is 3. The number of benzene rings is 1. The summed E-state index contributed by atoms with van der Waals surface area (Å²) in [6.45, 7) is 1.56. The fourth-order valence-electron chi connectivity index (χ4n) is 1.54. The van der Waals surface area contributed by atoms with Crippen molar-refractivity contribution in [2.45, 2.75) is 13.1 Å². The van der Waals surface area contributed by atoms with Crippen LogP contribution in [0, 0.1) is 0 Å². The fraction of sp³-hybridized carbons (Fsp3) is 0.333. The molecule has 1 rings (SSSR count). The van der Waals surface area contributed by atoms with E-state index in [2.05, 4.69) is 16.1 Å². The molecule has 0 heterocycles. The summed E-state index contributed by atoms with van der Waals surface area (Å²) < 4.78 is 37.9. The number of hydrazine groups is 1. The van der Waals surface area contributed by atoms with Gasteiger partial charge in [0.15, 0.2) is 0 Å². The smallest absolute Gasteiger partial charge is 0.355 e. The molecule has 0 saturated heterocycles. The van der Waals surface area contributed by atoms with E-state index in [1.165, 1.54) is 6.92 Å². The summed E-state index contributed by atoms with van der Waals surface area (Å²) in [6.07, 6.45) is -4.56. The summed E-state index contributed by atoms with van der Waals surface area (Å²) in [5.41, 5.74) is 1.06. The number of alkyl halides is 3. The van der Waals surface area contributed by atoms with Gasteiger partial charge in [-0.3, -0.25) is 15.4 Å². The van der Waals surface area contributed by atoms with Gasteiger partial charge in [-0.15, -0.1) is 0 Å². The number of nitrogens with two attached hydrogens (primary N) is 1. The first-order valence-corrected chi connectivity index (χ1v) is 5.96. The number of nitrogen functional groups attached to an aromatic ring is 1. The molecule has 0 radical (unpaired) electrons. The highest BCUT2D eigenvalue weighted by molar-refractivity contribution is 5.99. The normalized spacial score (nSPS) is 10.9. The molecular formula is C12H15F3N4O2. The highest BCUT2D eigenvalue weighted by Gasteiger charge is 2.31. The van der Waals surface area contributed by atoms with E-state index in [9.17, 15) is 22.8 Å². The lowest BCUT2D eigenvalue weighted by atomic mass is 10.1. The largest absolute Gasteiger partial charge is 0.416 e. The van der Waals surface area contributed by atoms with Gasteiger partial charge < -0.3 is 16.1 Å². The standard InChI is InChI=1S/C12H15F3N4O2/c1-7(20)17-4-5-18-11(21)9-6-8(12(13,14)15)2-3-10(9)19-16/h2-3,6,19H,4-5,16H2,1H3,(H,17,20)(H,18,21). The van der Waals surface area contributed by atoms with Gasteiger partial charge in [-0.05, 0) is 18.2 Å². The monoisotopic (exact) mass is 304 g/mol. The zero-order valence-electron chi connectivity index (χ0n) is 11.2. The number of amides is 2. The molecule has 0 aliphatic carbocycles. The predicted molar refractivity (Wildman–Crippen MR) is 70.3 cm³/mol. The summed E-state index contributed by atoms with van der Waals surface area (Å²) in [6, 6.07) is 2.61. The molecule has 6 nitrogen and oxygen atoms in total. The van der Waals surface area contributed by atoms with Crippen LogP contribution in [0.15, 0.2) is 18.2 Å².